The van der Waals surface area contributed by atoms with E-state index in [2.05, 4.69) is 70.5 Å². The second kappa shape index (κ2) is 11.4. The molecule has 0 radical (unpaired) electrons. The van der Waals surface area contributed by atoms with Gasteiger partial charge < -0.3 is 9.64 Å². The summed E-state index contributed by atoms with van der Waals surface area (Å²) in [6, 6.07) is 23.0. The Morgan fingerprint density at radius 2 is 1.32 bits per heavy atom. The van der Waals surface area contributed by atoms with Crippen LogP contribution in [0.4, 0.5) is 4.79 Å². The zero-order valence-electron chi connectivity index (χ0n) is 21.2. The highest BCUT2D eigenvalue weighted by atomic mass is 16.6. The molecule has 5 nitrogen and oxygen atoms in total. The van der Waals surface area contributed by atoms with Crippen LogP contribution >= 0.6 is 0 Å². The van der Waals surface area contributed by atoms with Gasteiger partial charge in [-0.25, -0.2) is 4.79 Å². The molecule has 1 heterocycles. The molecular formula is C29H41N3O2. The minimum atomic E-state index is -0.433. The van der Waals surface area contributed by atoms with Crippen molar-refractivity contribution in [3.05, 3.63) is 71.8 Å². The van der Waals surface area contributed by atoms with Crippen molar-refractivity contribution in [3.63, 3.8) is 0 Å². The lowest BCUT2D eigenvalue weighted by Crippen LogP contribution is -2.54. The van der Waals surface area contributed by atoms with Crippen LogP contribution in [0.1, 0.15) is 57.6 Å². The van der Waals surface area contributed by atoms with E-state index in [1.165, 1.54) is 36.8 Å². The van der Waals surface area contributed by atoms with Crippen LogP contribution in [0.2, 0.25) is 0 Å². The van der Waals surface area contributed by atoms with Crippen molar-refractivity contribution >= 4 is 6.09 Å². The van der Waals surface area contributed by atoms with Gasteiger partial charge >= 0.3 is 6.09 Å². The number of piperazine rings is 1. The number of rotatable bonds is 6. The quantitative estimate of drug-likeness (QED) is 0.563. The fourth-order valence-corrected chi connectivity index (χ4v) is 5.33. The van der Waals surface area contributed by atoms with Crippen LogP contribution in [-0.2, 0) is 17.8 Å². The summed E-state index contributed by atoms with van der Waals surface area (Å²) in [5, 5.41) is 0. The Morgan fingerprint density at radius 3 is 1.79 bits per heavy atom. The first-order valence-electron chi connectivity index (χ1n) is 12.9. The van der Waals surface area contributed by atoms with Gasteiger partial charge in [-0.05, 0) is 57.6 Å². The Bertz CT molecular complexity index is 839. The number of nitrogens with zero attached hydrogens (tertiary/aromatic N) is 3. The summed E-state index contributed by atoms with van der Waals surface area (Å²) in [7, 11) is 0. The molecule has 0 spiro atoms. The standard InChI is InChI=1S/C29H41N3O2/c1-29(2,3)34-28(33)31-20-18-30(19-21-31)26-14-16-27(17-15-26)32(22-24-10-6-4-7-11-24)23-25-12-8-5-9-13-25/h4-13,26-27H,14-23H2,1-3H3/t26-,27+. The van der Waals surface area contributed by atoms with Gasteiger partial charge in [-0.15, -0.1) is 0 Å². The minimum absolute atomic E-state index is 0.173. The Hall–Kier alpha value is -2.37. The van der Waals surface area contributed by atoms with Crippen LogP contribution in [-0.4, -0.2) is 64.7 Å². The lowest BCUT2D eigenvalue weighted by Gasteiger charge is -2.44. The van der Waals surface area contributed by atoms with E-state index < -0.39 is 5.60 Å². The smallest absolute Gasteiger partial charge is 0.410 e. The second-order valence-electron chi connectivity index (χ2n) is 10.8. The van der Waals surface area contributed by atoms with Gasteiger partial charge in [0.05, 0.1) is 0 Å². The molecule has 0 N–H and O–H groups in total. The molecule has 2 aromatic rings. The molecule has 1 saturated carbocycles. The average Bonchev–Trinajstić information content (AvgIpc) is 2.84. The summed E-state index contributed by atoms with van der Waals surface area (Å²) in [5.41, 5.74) is 2.34. The SMILES string of the molecule is CC(C)(C)OC(=O)N1CCN([C@H]2CC[C@@H](N(Cc3ccccc3)Cc3ccccc3)CC2)CC1. The molecule has 0 atom stereocenters. The molecule has 34 heavy (non-hydrogen) atoms. The molecule has 1 aliphatic heterocycles. The van der Waals surface area contributed by atoms with Gasteiger partial charge in [0.1, 0.15) is 5.60 Å². The summed E-state index contributed by atoms with van der Waals surface area (Å²) in [6.45, 7) is 11.2. The zero-order chi connectivity index (χ0) is 24.0. The Kier molecular flexibility index (Phi) is 8.28. The molecule has 5 heteroatoms. The van der Waals surface area contributed by atoms with E-state index in [4.69, 9.17) is 4.74 Å². The van der Waals surface area contributed by atoms with Crippen LogP contribution in [0.5, 0.6) is 0 Å². The van der Waals surface area contributed by atoms with Gasteiger partial charge in [-0.1, -0.05) is 60.7 Å². The highest BCUT2D eigenvalue weighted by molar-refractivity contribution is 5.68. The maximum atomic E-state index is 12.4. The minimum Gasteiger partial charge on any atom is -0.444 e. The molecule has 2 aromatic carbocycles. The third kappa shape index (κ3) is 7.07. The first-order chi connectivity index (χ1) is 16.4. The molecule has 0 bridgehead atoms. The largest absolute Gasteiger partial charge is 0.444 e. The van der Waals surface area contributed by atoms with Gasteiger partial charge in [0.25, 0.3) is 0 Å². The van der Waals surface area contributed by atoms with E-state index in [1.807, 2.05) is 25.7 Å². The highest BCUT2D eigenvalue weighted by Crippen LogP contribution is 2.29. The molecule has 184 valence electrons. The first kappa shape index (κ1) is 24.7. The number of benzene rings is 2. The van der Waals surface area contributed by atoms with Crippen LogP contribution in [0.15, 0.2) is 60.7 Å². The van der Waals surface area contributed by atoms with E-state index in [0.29, 0.717) is 12.1 Å². The third-order valence-electron chi connectivity index (χ3n) is 7.12. The summed E-state index contributed by atoms with van der Waals surface area (Å²) in [4.78, 5) is 19.6. The van der Waals surface area contributed by atoms with Crippen molar-refractivity contribution in [2.24, 2.45) is 0 Å². The summed E-state index contributed by atoms with van der Waals surface area (Å²) < 4.78 is 5.56. The number of amides is 1. The monoisotopic (exact) mass is 463 g/mol. The molecule has 1 aliphatic carbocycles. The molecular weight excluding hydrogens is 422 g/mol. The fourth-order valence-electron chi connectivity index (χ4n) is 5.33. The average molecular weight is 464 g/mol. The van der Waals surface area contributed by atoms with Crippen molar-refractivity contribution in [1.29, 1.82) is 0 Å². The summed E-state index contributed by atoms with van der Waals surface area (Å²) >= 11 is 0. The predicted molar refractivity (Wildman–Crippen MR) is 138 cm³/mol. The topological polar surface area (TPSA) is 36.0 Å². The Balaban J connectivity index is 1.30. The zero-order valence-corrected chi connectivity index (χ0v) is 21.2. The third-order valence-corrected chi connectivity index (χ3v) is 7.12. The van der Waals surface area contributed by atoms with Gasteiger partial charge in [0, 0.05) is 51.4 Å². The summed E-state index contributed by atoms with van der Waals surface area (Å²) in [5.74, 6) is 0. The van der Waals surface area contributed by atoms with Gasteiger partial charge in [-0.2, -0.15) is 0 Å². The Morgan fingerprint density at radius 1 is 0.824 bits per heavy atom. The predicted octanol–water partition coefficient (Wildman–Crippen LogP) is 5.55. The maximum absolute atomic E-state index is 12.4. The van der Waals surface area contributed by atoms with Crippen LogP contribution in [0.3, 0.4) is 0 Å². The number of hydrogen-bond donors (Lipinski definition) is 0. The lowest BCUT2D eigenvalue weighted by atomic mass is 9.88. The van der Waals surface area contributed by atoms with Crippen molar-refractivity contribution in [2.75, 3.05) is 26.2 Å². The highest BCUT2D eigenvalue weighted by Gasteiger charge is 2.32. The van der Waals surface area contributed by atoms with Crippen molar-refractivity contribution in [3.8, 4) is 0 Å². The molecule has 0 aromatic heterocycles. The van der Waals surface area contributed by atoms with Crippen LogP contribution in [0.25, 0.3) is 0 Å². The molecule has 1 saturated heterocycles. The van der Waals surface area contributed by atoms with Crippen molar-refractivity contribution < 1.29 is 9.53 Å². The van der Waals surface area contributed by atoms with Crippen molar-refractivity contribution in [1.82, 2.24) is 14.7 Å². The molecule has 0 unspecified atom stereocenters. The maximum Gasteiger partial charge on any atom is 0.410 e. The lowest BCUT2D eigenvalue weighted by molar-refractivity contribution is 0.00534. The van der Waals surface area contributed by atoms with Crippen molar-refractivity contribution in [2.45, 2.75) is 77.2 Å². The first-order valence-corrected chi connectivity index (χ1v) is 12.9. The van der Waals surface area contributed by atoms with Crippen LogP contribution in [0, 0.1) is 0 Å². The molecule has 1 amide bonds. The van der Waals surface area contributed by atoms with E-state index >= 15 is 0 Å². The van der Waals surface area contributed by atoms with Crippen LogP contribution < -0.4 is 0 Å². The second-order valence-corrected chi connectivity index (χ2v) is 10.8. The molecule has 2 aliphatic rings. The normalized spacial score (nSPS) is 22.1. The van der Waals surface area contributed by atoms with Gasteiger partial charge in [0.2, 0.25) is 0 Å². The molecule has 2 fully saturated rings. The Labute approximate surface area is 205 Å². The number of carbonyl (C=O) groups excluding carboxylic acids is 1. The molecule has 4 rings (SSSR count). The van der Waals surface area contributed by atoms with E-state index in [9.17, 15) is 4.79 Å². The number of carbonyl (C=O) groups is 1. The number of ether oxygens (including phenoxy) is 1. The van der Waals surface area contributed by atoms with Gasteiger partial charge in [0.15, 0.2) is 0 Å². The van der Waals surface area contributed by atoms with Gasteiger partial charge in [-0.3, -0.25) is 9.80 Å². The van der Waals surface area contributed by atoms with E-state index in [0.717, 1.165) is 39.3 Å². The van der Waals surface area contributed by atoms with E-state index in [1.54, 1.807) is 0 Å². The number of hydrogen-bond acceptors (Lipinski definition) is 4. The fraction of sp³-hybridized carbons (Fsp3) is 0.552. The summed E-state index contributed by atoms with van der Waals surface area (Å²) in [6.07, 6.45) is 4.76. The van der Waals surface area contributed by atoms with E-state index in [-0.39, 0.29) is 6.09 Å².